The fraction of sp³-hybridized carbons (Fsp3) is 0.333. The Balaban J connectivity index is 0.00000144. The third-order valence-electron chi connectivity index (χ3n) is 1.77. The van der Waals surface area contributed by atoms with Crippen molar-refractivity contribution < 1.29 is 25.9 Å². The van der Waals surface area contributed by atoms with Crippen LogP contribution < -0.4 is 5.56 Å². The monoisotopic (exact) mass is 348 g/mol. The molecule has 1 rings (SSSR count). The second kappa shape index (κ2) is 4.52. The molecule has 1 aromatic rings. The number of hydrogen-bond acceptors (Lipinski definition) is 2. The zero-order chi connectivity index (χ0) is 9.30. The first-order chi connectivity index (χ1) is 5.54. The number of carbonyl (C=O) groups is 1. The fourth-order valence-corrected chi connectivity index (χ4v) is 1.03. The number of aryl methyl sites for hydroxylation is 1. The maximum Gasteiger partial charge on any atom is 0.139 e. The Morgan fingerprint density at radius 2 is 2.08 bits per heavy atom. The van der Waals surface area contributed by atoms with Gasteiger partial charge in [0.2, 0.25) is 0 Å². The molecule has 3 nitrogen and oxygen atoms in total. The van der Waals surface area contributed by atoms with Gasteiger partial charge in [0.15, 0.2) is 0 Å². The summed E-state index contributed by atoms with van der Waals surface area (Å²) in [7, 11) is 1.58. The van der Waals surface area contributed by atoms with Crippen LogP contribution in [0, 0.1) is 13.0 Å². The quantitative estimate of drug-likeness (QED) is 0.554. The molecule has 0 unspecified atom stereocenters. The van der Waals surface area contributed by atoms with E-state index >= 15 is 0 Å². The normalized spacial score (nSPS) is 9.15. The Bertz CT molecular complexity index is 382. The van der Waals surface area contributed by atoms with Crippen LogP contribution in [-0.2, 0) is 28.1 Å². The van der Waals surface area contributed by atoms with Gasteiger partial charge >= 0.3 is 0 Å². The number of aromatic nitrogens is 1. The topological polar surface area (TPSA) is 39.1 Å². The van der Waals surface area contributed by atoms with E-state index in [0.717, 1.165) is 0 Å². The number of nitrogens with zero attached hydrogens (tertiary/aromatic N) is 1. The van der Waals surface area contributed by atoms with E-state index in [2.05, 4.69) is 6.07 Å². The number of rotatable bonds is 1. The molecule has 1 heterocycles. The number of ketones is 1. The number of hydrogen-bond donors (Lipinski definition) is 0. The van der Waals surface area contributed by atoms with Crippen molar-refractivity contribution in [1.29, 1.82) is 0 Å². The van der Waals surface area contributed by atoms with Crippen LogP contribution in [0.3, 0.4) is 0 Å². The summed E-state index contributed by atoms with van der Waals surface area (Å²) in [6.07, 6.45) is 0. The van der Waals surface area contributed by atoms with Crippen molar-refractivity contribution in [3.63, 3.8) is 0 Å². The molecule has 0 radical (unpaired) electrons. The first-order valence-electron chi connectivity index (χ1n) is 3.63. The minimum Gasteiger partial charge on any atom is -0.415 e. The molecule has 1 aromatic heterocycles. The molecular weight excluding hydrogens is 338 g/mol. The van der Waals surface area contributed by atoms with Gasteiger partial charge in [0.25, 0.3) is 0 Å². The minimum absolute atomic E-state index is 0. The van der Waals surface area contributed by atoms with Crippen LogP contribution in [0.4, 0.5) is 0 Å². The maximum atomic E-state index is 11.3. The van der Waals surface area contributed by atoms with Crippen molar-refractivity contribution in [2.45, 2.75) is 13.8 Å². The summed E-state index contributed by atoms with van der Waals surface area (Å²) in [5.41, 5.74) is 0.760. The zero-order valence-electron chi connectivity index (χ0n) is 7.75. The van der Waals surface area contributed by atoms with Gasteiger partial charge in [-0.1, -0.05) is 6.92 Å². The Labute approximate surface area is 91.0 Å². The van der Waals surface area contributed by atoms with E-state index in [1.54, 1.807) is 20.0 Å². The summed E-state index contributed by atoms with van der Waals surface area (Å²) in [5.74, 6) is -0.120. The van der Waals surface area contributed by atoms with E-state index in [-0.39, 0.29) is 32.4 Å². The van der Waals surface area contributed by atoms with Gasteiger partial charge in [0, 0.05) is 21.1 Å². The second-order valence-corrected chi connectivity index (χ2v) is 2.72. The molecule has 0 aromatic carbocycles. The third-order valence-corrected chi connectivity index (χ3v) is 1.77. The van der Waals surface area contributed by atoms with Crippen molar-refractivity contribution in [3.8, 4) is 0 Å². The molecule has 0 saturated heterocycles. The van der Waals surface area contributed by atoms with Gasteiger partial charge in [-0.3, -0.25) is 0 Å². The molecule has 0 atom stereocenters. The smallest absolute Gasteiger partial charge is 0.139 e. The van der Waals surface area contributed by atoms with E-state index in [9.17, 15) is 9.59 Å². The summed E-state index contributed by atoms with van der Waals surface area (Å²) in [6.45, 7) is 3.10. The molecule has 0 fully saturated rings. The molecule has 0 aliphatic rings. The maximum absolute atomic E-state index is 11.3. The second-order valence-electron chi connectivity index (χ2n) is 2.72. The van der Waals surface area contributed by atoms with Gasteiger partial charge in [-0.05, 0) is 19.7 Å². The predicted octanol–water partition coefficient (Wildman–Crippen LogP) is 0.694. The molecule has 0 amide bonds. The number of carbonyl (C=O) groups excluding carboxylic acids is 1. The summed E-state index contributed by atoms with van der Waals surface area (Å²) in [4.78, 5) is 22.2. The summed E-state index contributed by atoms with van der Waals surface area (Å²) >= 11 is 0. The number of pyridine rings is 1. The minimum atomic E-state index is -0.164. The Hall–Kier alpha value is -0.692. The summed E-state index contributed by atoms with van der Waals surface area (Å²) < 4.78 is 1.34. The van der Waals surface area contributed by atoms with Crippen LogP contribution >= 0.6 is 0 Å². The van der Waals surface area contributed by atoms with Gasteiger partial charge in [0.05, 0.1) is 0 Å². The van der Waals surface area contributed by atoms with Crippen LogP contribution in [-0.4, -0.2) is 10.4 Å². The molecular formula is C9H10NO2W-. The summed E-state index contributed by atoms with van der Waals surface area (Å²) in [5, 5.41) is 0. The summed E-state index contributed by atoms with van der Waals surface area (Å²) in [6, 6.07) is 4.28. The van der Waals surface area contributed by atoms with Crippen LogP contribution in [0.1, 0.15) is 23.0 Å². The van der Waals surface area contributed by atoms with E-state index in [0.29, 0.717) is 11.3 Å². The van der Waals surface area contributed by atoms with Gasteiger partial charge in [-0.25, -0.2) is 0 Å². The average molecular weight is 348 g/mol. The zero-order valence-corrected chi connectivity index (χ0v) is 10.7. The van der Waals surface area contributed by atoms with Crippen molar-refractivity contribution in [3.05, 3.63) is 33.7 Å². The SMILES string of the molecule is CC(=O)c1c[c-]c(C)c(=O)n1C.[W]. The third kappa shape index (κ3) is 2.38. The van der Waals surface area contributed by atoms with Gasteiger partial charge in [-0.2, -0.15) is 6.07 Å². The number of Topliss-reactive ketones (excluding diaryl/α,β-unsaturated/α-hetero) is 1. The largest absolute Gasteiger partial charge is 0.415 e. The van der Waals surface area contributed by atoms with Gasteiger partial charge in [0.1, 0.15) is 11.3 Å². The van der Waals surface area contributed by atoms with Crippen LogP contribution in [0.5, 0.6) is 0 Å². The predicted molar refractivity (Wildman–Crippen MR) is 45.3 cm³/mol. The van der Waals surface area contributed by atoms with Crippen molar-refractivity contribution in [2.24, 2.45) is 7.05 Å². The average Bonchev–Trinajstić information content (AvgIpc) is 2.00. The Morgan fingerprint density at radius 3 is 2.54 bits per heavy atom. The molecule has 0 saturated carbocycles. The van der Waals surface area contributed by atoms with Crippen LogP contribution in [0.15, 0.2) is 10.9 Å². The van der Waals surface area contributed by atoms with Crippen molar-refractivity contribution in [1.82, 2.24) is 4.57 Å². The van der Waals surface area contributed by atoms with Crippen LogP contribution in [0.25, 0.3) is 0 Å². The van der Waals surface area contributed by atoms with Crippen molar-refractivity contribution in [2.75, 3.05) is 0 Å². The van der Waals surface area contributed by atoms with Gasteiger partial charge < -0.3 is 14.2 Å². The van der Waals surface area contributed by atoms with E-state index in [1.807, 2.05) is 0 Å². The first kappa shape index (κ1) is 12.3. The Morgan fingerprint density at radius 1 is 1.54 bits per heavy atom. The molecule has 0 aliphatic carbocycles. The first-order valence-corrected chi connectivity index (χ1v) is 3.63. The van der Waals surface area contributed by atoms with Crippen LogP contribution in [0.2, 0.25) is 0 Å². The van der Waals surface area contributed by atoms with E-state index < -0.39 is 0 Å². The fourth-order valence-electron chi connectivity index (χ4n) is 1.03. The molecule has 0 spiro atoms. The molecule has 4 heteroatoms. The molecule has 13 heavy (non-hydrogen) atoms. The standard InChI is InChI=1S/C9H10NO2.W/c1-6-4-5-8(7(2)11)10(3)9(6)12;/h5H,1-3H3;/q-1;. The molecule has 0 N–H and O–H groups in total. The molecule has 70 valence electrons. The van der Waals surface area contributed by atoms with Crippen molar-refractivity contribution >= 4 is 5.78 Å². The Kier molecular flexibility index (Phi) is 4.28. The molecule has 0 aliphatic heterocycles. The molecule has 0 bridgehead atoms. The van der Waals surface area contributed by atoms with E-state index in [4.69, 9.17) is 0 Å². The van der Waals surface area contributed by atoms with E-state index in [1.165, 1.54) is 11.5 Å². The van der Waals surface area contributed by atoms with Gasteiger partial charge in [-0.15, -0.1) is 11.6 Å².